The molecule has 0 saturated heterocycles. The summed E-state index contributed by atoms with van der Waals surface area (Å²) in [5, 5.41) is 12.9. The van der Waals surface area contributed by atoms with Gasteiger partial charge in [-0.3, -0.25) is 4.98 Å². The van der Waals surface area contributed by atoms with E-state index in [1.807, 2.05) is 0 Å². The Bertz CT molecular complexity index is 556. The van der Waals surface area contributed by atoms with E-state index in [1.165, 1.54) is 6.07 Å². The van der Waals surface area contributed by atoms with Gasteiger partial charge in [0.1, 0.15) is 5.75 Å². The molecule has 17 heavy (non-hydrogen) atoms. The largest absolute Gasteiger partial charge is 0.506 e. The van der Waals surface area contributed by atoms with Gasteiger partial charge in [0.2, 0.25) is 0 Å². The molecule has 1 aromatic heterocycles. The number of phenolic OH excluding ortho intramolecular Hbond substituents is 1. The van der Waals surface area contributed by atoms with Crippen LogP contribution in [-0.2, 0) is 0 Å². The van der Waals surface area contributed by atoms with E-state index >= 15 is 0 Å². The maximum Gasteiger partial charge on any atom is 0.417 e. The first-order valence-corrected chi connectivity index (χ1v) is 5.80. The normalized spacial score (nSPS) is 10.9. The number of unbranched alkanes of at least 4 members (excludes halogenated alkanes) is 2. The molecule has 0 atom stereocenters. The second-order valence-electron chi connectivity index (χ2n) is 4.01. The molecule has 0 spiro atoms. The van der Waals surface area contributed by atoms with Crippen molar-refractivity contribution < 1.29 is 9.52 Å². The highest BCUT2D eigenvalue weighted by atomic mass is 16.4. The van der Waals surface area contributed by atoms with Crippen LogP contribution < -0.4 is 11.1 Å². The molecular formula is C12H16N2O3. The van der Waals surface area contributed by atoms with Crippen LogP contribution in [0.1, 0.15) is 26.2 Å². The molecular weight excluding hydrogens is 220 g/mol. The zero-order chi connectivity index (χ0) is 12.3. The van der Waals surface area contributed by atoms with Crippen molar-refractivity contribution in [3.05, 3.63) is 22.7 Å². The van der Waals surface area contributed by atoms with Crippen LogP contribution >= 0.6 is 0 Å². The van der Waals surface area contributed by atoms with Crippen LogP contribution in [0.4, 0.5) is 5.69 Å². The number of benzene rings is 1. The molecule has 5 nitrogen and oxygen atoms in total. The monoisotopic (exact) mass is 236 g/mol. The van der Waals surface area contributed by atoms with E-state index < -0.39 is 5.76 Å². The number of hydrogen-bond donors (Lipinski definition) is 3. The third-order valence-electron chi connectivity index (χ3n) is 2.63. The smallest absolute Gasteiger partial charge is 0.417 e. The Morgan fingerprint density at radius 3 is 3.00 bits per heavy atom. The fourth-order valence-corrected chi connectivity index (χ4v) is 1.73. The number of oxazole rings is 1. The second-order valence-corrected chi connectivity index (χ2v) is 4.01. The van der Waals surface area contributed by atoms with Crippen molar-refractivity contribution in [2.45, 2.75) is 26.2 Å². The predicted molar refractivity (Wildman–Crippen MR) is 66.5 cm³/mol. The van der Waals surface area contributed by atoms with Gasteiger partial charge in [0.25, 0.3) is 0 Å². The Morgan fingerprint density at radius 1 is 1.41 bits per heavy atom. The standard InChI is InChI=1S/C12H16N2O3/c1-2-3-4-5-13-8-7-11-9(6-10(8)15)14-12(16)17-11/h6-7,13,15H,2-5H2,1H3,(H,14,16). The SMILES string of the molecule is CCCCCNc1cc2oc(=O)[nH]c2cc1O. The average Bonchev–Trinajstić information content (AvgIpc) is 2.63. The highest BCUT2D eigenvalue weighted by molar-refractivity contribution is 5.80. The summed E-state index contributed by atoms with van der Waals surface area (Å²) in [5.74, 6) is -0.395. The van der Waals surface area contributed by atoms with Crippen molar-refractivity contribution in [2.24, 2.45) is 0 Å². The Hall–Kier alpha value is -1.91. The Labute approximate surface area is 98.5 Å². The molecule has 1 aromatic carbocycles. The molecule has 2 aromatic rings. The Kier molecular flexibility index (Phi) is 3.37. The van der Waals surface area contributed by atoms with Crippen LogP contribution in [0.3, 0.4) is 0 Å². The summed E-state index contributed by atoms with van der Waals surface area (Å²) in [6.45, 7) is 2.93. The van der Waals surface area contributed by atoms with Crippen molar-refractivity contribution >= 4 is 16.8 Å². The molecule has 0 aliphatic carbocycles. The highest BCUT2D eigenvalue weighted by Gasteiger charge is 2.07. The van der Waals surface area contributed by atoms with Crippen LogP contribution in [0, 0.1) is 0 Å². The quantitative estimate of drug-likeness (QED) is 0.550. The fraction of sp³-hybridized carbons (Fsp3) is 0.417. The van der Waals surface area contributed by atoms with Gasteiger partial charge in [-0.2, -0.15) is 0 Å². The predicted octanol–water partition coefficient (Wildman–Crippen LogP) is 2.43. The molecule has 0 radical (unpaired) electrons. The summed E-state index contributed by atoms with van der Waals surface area (Å²) in [6, 6.07) is 3.12. The van der Waals surface area contributed by atoms with Crippen LogP contribution in [0.15, 0.2) is 21.3 Å². The van der Waals surface area contributed by atoms with E-state index in [-0.39, 0.29) is 5.75 Å². The molecule has 5 heteroatoms. The van der Waals surface area contributed by atoms with E-state index in [0.717, 1.165) is 25.8 Å². The number of rotatable bonds is 5. The first-order chi connectivity index (χ1) is 8.20. The van der Waals surface area contributed by atoms with Gasteiger partial charge in [-0.25, -0.2) is 4.79 Å². The molecule has 0 aliphatic heterocycles. The van der Waals surface area contributed by atoms with Gasteiger partial charge in [-0.05, 0) is 6.42 Å². The molecule has 92 valence electrons. The first kappa shape index (κ1) is 11.6. The molecule has 0 fully saturated rings. The van der Waals surface area contributed by atoms with E-state index in [4.69, 9.17) is 4.42 Å². The van der Waals surface area contributed by atoms with E-state index in [2.05, 4.69) is 17.2 Å². The number of anilines is 1. The lowest BCUT2D eigenvalue weighted by Crippen LogP contribution is -2.01. The lowest BCUT2D eigenvalue weighted by molar-refractivity contribution is 0.477. The van der Waals surface area contributed by atoms with Gasteiger partial charge in [0, 0.05) is 18.7 Å². The minimum Gasteiger partial charge on any atom is -0.506 e. The minimum absolute atomic E-state index is 0.117. The van der Waals surface area contributed by atoms with Gasteiger partial charge in [-0.1, -0.05) is 19.8 Å². The molecule has 0 saturated carbocycles. The maximum atomic E-state index is 11.0. The van der Waals surface area contributed by atoms with Crippen LogP contribution in [0.25, 0.3) is 11.1 Å². The Morgan fingerprint density at radius 2 is 2.24 bits per heavy atom. The van der Waals surface area contributed by atoms with Crippen molar-refractivity contribution in [3.63, 3.8) is 0 Å². The minimum atomic E-state index is -0.512. The number of nitrogens with one attached hydrogen (secondary N) is 2. The number of fused-ring (bicyclic) bond motifs is 1. The van der Waals surface area contributed by atoms with Crippen LogP contribution in [-0.4, -0.2) is 16.6 Å². The van der Waals surface area contributed by atoms with Crippen molar-refractivity contribution in [3.8, 4) is 5.75 Å². The maximum absolute atomic E-state index is 11.0. The van der Waals surface area contributed by atoms with Crippen molar-refractivity contribution in [2.75, 3.05) is 11.9 Å². The van der Waals surface area contributed by atoms with Gasteiger partial charge < -0.3 is 14.8 Å². The van der Waals surface area contributed by atoms with Crippen LogP contribution in [0.5, 0.6) is 5.75 Å². The number of aromatic amines is 1. The van der Waals surface area contributed by atoms with E-state index in [9.17, 15) is 9.90 Å². The number of phenols is 1. The third kappa shape index (κ3) is 2.61. The zero-order valence-corrected chi connectivity index (χ0v) is 9.75. The summed E-state index contributed by atoms with van der Waals surface area (Å²) in [4.78, 5) is 13.5. The number of H-pyrrole nitrogens is 1. The number of aromatic hydroxyl groups is 1. The lowest BCUT2D eigenvalue weighted by Gasteiger charge is -2.07. The van der Waals surface area contributed by atoms with Gasteiger partial charge >= 0.3 is 5.76 Å². The first-order valence-electron chi connectivity index (χ1n) is 5.80. The third-order valence-corrected chi connectivity index (χ3v) is 2.63. The molecule has 1 heterocycles. The Balaban J connectivity index is 2.16. The van der Waals surface area contributed by atoms with E-state index in [1.54, 1.807) is 6.07 Å². The molecule has 3 N–H and O–H groups in total. The average molecular weight is 236 g/mol. The fourth-order valence-electron chi connectivity index (χ4n) is 1.73. The molecule has 0 bridgehead atoms. The van der Waals surface area contributed by atoms with Gasteiger partial charge in [-0.15, -0.1) is 0 Å². The molecule has 0 aliphatic rings. The van der Waals surface area contributed by atoms with Gasteiger partial charge in [0.05, 0.1) is 11.2 Å². The molecule has 2 rings (SSSR count). The number of hydrogen-bond acceptors (Lipinski definition) is 4. The summed E-state index contributed by atoms with van der Waals surface area (Å²) in [7, 11) is 0. The highest BCUT2D eigenvalue weighted by Crippen LogP contribution is 2.27. The van der Waals surface area contributed by atoms with Gasteiger partial charge in [0.15, 0.2) is 5.58 Å². The topological polar surface area (TPSA) is 78.3 Å². The van der Waals surface area contributed by atoms with Crippen LogP contribution in [0.2, 0.25) is 0 Å². The molecule has 0 amide bonds. The summed E-state index contributed by atoms with van der Waals surface area (Å²) in [5.41, 5.74) is 1.55. The summed E-state index contributed by atoms with van der Waals surface area (Å²) < 4.78 is 4.93. The van der Waals surface area contributed by atoms with Crippen molar-refractivity contribution in [1.82, 2.24) is 4.98 Å². The second kappa shape index (κ2) is 4.95. The lowest BCUT2D eigenvalue weighted by atomic mass is 10.2. The summed E-state index contributed by atoms with van der Waals surface area (Å²) >= 11 is 0. The molecule has 0 unspecified atom stereocenters. The number of aromatic nitrogens is 1. The zero-order valence-electron chi connectivity index (χ0n) is 9.75. The summed E-state index contributed by atoms with van der Waals surface area (Å²) in [6.07, 6.45) is 3.35. The van der Waals surface area contributed by atoms with Crippen molar-refractivity contribution in [1.29, 1.82) is 0 Å². The van der Waals surface area contributed by atoms with E-state index in [0.29, 0.717) is 16.8 Å².